The zero-order chi connectivity index (χ0) is 11.6. The van der Waals surface area contributed by atoms with E-state index in [0.717, 1.165) is 17.8 Å². The molecule has 90 valence electrons. The number of aliphatic hydroxyl groups is 1. The lowest BCUT2D eigenvalue weighted by Crippen LogP contribution is -2.40. The molecule has 0 aromatic carbocycles. The molecule has 1 aromatic rings. The number of nitrogens with zero attached hydrogens (tertiary/aromatic N) is 1. The van der Waals surface area contributed by atoms with E-state index < -0.39 is 6.10 Å². The Balaban J connectivity index is 2.20. The summed E-state index contributed by atoms with van der Waals surface area (Å²) in [4.78, 5) is 4.22. The van der Waals surface area contributed by atoms with Crippen LogP contribution in [0.4, 0.5) is 0 Å². The Morgan fingerprint density at radius 1 is 1.75 bits per heavy atom. The molecule has 3 atom stereocenters. The second-order valence-corrected chi connectivity index (χ2v) is 5.97. The molecule has 3 nitrogen and oxygen atoms in total. The molecule has 16 heavy (non-hydrogen) atoms. The van der Waals surface area contributed by atoms with Crippen LogP contribution < -0.4 is 5.73 Å². The lowest BCUT2D eigenvalue weighted by molar-refractivity contribution is -0.0131. The minimum absolute atomic E-state index is 0.143. The summed E-state index contributed by atoms with van der Waals surface area (Å²) >= 11 is 1.52. The molecule has 2 rings (SSSR count). The molecular weight excluding hydrogens is 220 g/mol. The molecule has 1 saturated carbocycles. The molecular formula is C12H20N2OS. The van der Waals surface area contributed by atoms with Gasteiger partial charge in [-0.15, -0.1) is 11.3 Å². The van der Waals surface area contributed by atoms with Crippen molar-refractivity contribution in [1.29, 1.82) is 0 Å². The Morgan fingerprint density at radius 3 is 3.12 bits per heavy atom. The second kappa shape index (κ2) is 4.82. The van der Waals surface area contributed by atoms with Crippen molar-refractivity contribution in [2.24, 2.45) is 17.1 Å². The fourth-order valence-corrected chi connectivity index (χ4v) is 3.64. The SMILES string of the molecule is CC1CCCC(CN)(C(O)c2nccs2)C1. The Kier molecular flexibility index (Phi) is 3.62. The average Bonchev–Trinajstić information content (AvgIpc) is 2.81. The van der Waals surface area contributed by atoms with Gasteiger partial charge in [0.25, 0.3) is 0 Å². The average molecular weight is 240 g/mol. The first-order valence-corrected chi connectivity index (χ1v) is 6.83. The van der Waals surface area contributed by atoms with Crippen molar-refractivity contribution in [2.75, 3.05) is 6.54 Å². The number of hydrogen-bond donors (Lipinski definition) is 2. The molecule has 0 aliphatic heterocycles. The summed E-state index contributed by atoms with van der Waals surface area (Å²) in [6.45, 7) is 2.80. The third kappa shape index (κ3) is 2.14. The van der Waals surface area contributed by atoms with Crippen LogP contribution in [-0.4, -0.2) is 16.6 Å². The molecule has 1 aliphatic carbocycles. The second-order valence-electron chi connectivity index (χ2n) is 5.04. The molecule has 4 heteroatoms. The van der Waals surface area contributed by atoms with E-state index in [1.165, 1.54) is 24.2 Å². The zero-order valence-electron chi connectivity index (χ0n) is 9.72. The monoisotopic (exact) mass is 240 g/mol. The molecule has 3 unspecified atom stereocenters. The number of hydrogen-bond acceptors (Lipinski definition) is 4. The van der Waals surface area contributed by atoms with Gasteiger partial charge in [-0.05, 0) is 18.8 Å². The summed E-state index contributed by atoms with van der Waals surface area (Å²) in [6.07, 6.45) is 5.73. The van der Waals surface area contributed by atoms with E-state index in [0.29, 0.717) is 12.5 Å². The van der Waals surface area contributed by atoms with Crippen LogP contribution in [-0.2, 0) is 0 Å². The number of rotatable bonds is 3. The maximum absolute atomic E-state index is 10.5. The first-order chi connectivity index (χ1) is 7.68. The van der Waals surface area contributed by atoms with Gasteiger partial charge in [-0.3, -0.25) is 0 Å². The van der Waals surface area contributed by atoms with Crippen molar-refractivity contribution in [3.05, 3.63) is 16.6 Å². The van der Waals surface area contributed by atoms with E-state index in [4.69, 9.17) is 5.73 Å². The van der Waals surface area contributed by atoms with Gasteiger partial charge in [0.1, 0.15) is 11.1 Å². The van der Waals surface area contributed by atoms with Crippen LogP contribution in [0.25, 0.3) is 0 Å². The van der Waals surface area contributed by atoms with Crippen molar-refractivity contribution in [2.45, 2.75) is 38.7 Å². The Labute approximate surface area is 101 Å². The molecule has 0 spiro atoms. The molecule has 1 aromatic heterocycles. The van der Waals surface area contributed by atoms with Crippen LogP contribution in [0.5, 0.6) is 0 Å². The lowest BCUT2D eigenvalue weighted by Gasteiger charge is -2.42. The van der Waals surface area contributed by atoms with Gasteiger partial charge in [0.05, 0.1) is 0 Å². The minimum Gasteiger partial charge on any atom is -0.385 e. The molecule has 3 N–H and O–H groups in total. The predicted molar refractivity (Wildman–Crippen MR) is 66.2 cm³/mol. The van der Waals surface area contributed by atoms with E-state index in [1.54, 1.807) is 6.20 Å². The Hall–Kier alpha value is -0.450. The fraction of sp³-hybridized carbons (Fsp3) is 0.750. The molecule has 0 amide bonds. The molecule has 0 radical (unpaired) electrons. The van der Waals surface area contributed by atoms with Crippen LogP contribution in [0.3, 0.4) is 0 Å². The molecule has 0 saturated heterocycles. The van der Waals surface area contributed by atoms with Gasteiger partial charge in [-0.2, -0.15) is 0 Å². The van der Waals surface area contributed by atoms with Crippen LogP contribution in [0, 0.1) is 11.3 Å². The first kappa shape index (κ1) is 12.0. The first-order valence-electron chi connectivity index (χ1n) is 5.95. The summed E-state index contributed by atoms with van der Waals surface area (Å²) in [6, 6.07) is 0. The molecule has 1 heterocycles. The number of nitrogens with two attached hydrogens (primary N) is 1. The normalized spacial score (nSPS) is 32.6. The summed E-state index contributed by atoms with van der Waals surface area (Å²) in [7, 11) is 0. The number of thiazole rings is 1. The van der Waals surface area contributed by atoms with Gasteiger partial charge >= 0.3 is 0 Å². The van der Waals surface area contributed by atoms with Gasteiger partial charge in [0, 0.05) is 23.5 Å². The van der Waals surface area contributed by atoms with Crippen molar-refractivity contribution >= 4 is 11.3 Å². The largest absolute Gasteiger partial charge is 0.385 e. The zero-order valence-corrected chi connectivity index (χ0v) is 10.5. The van der Waals surface area contributed by atoms with Crippen LogP contribution in [0.1, 0.15) is 43.7 Å². The fourth-order valence-electron chi connectivity index (χ4n) is 2.88. The van der Waals surface area contributed by atoms with Crippen LogP contribution in [0.2, 0.25) is 0 Å². The highest BCUT2D eigenvalue weighted by molar-refractivity contribution is 7.09. The Bertz CT molecular complexity index is 328. The highest BCUT2D eigenvalue weighted by atomic mass is 32.1. The van der Waals surface area contributed by atoms with E-state index in [1.807, 2.05) is 5.38 Å². The minimum atomic E-state index is -0.486. The van der Waals surface area contributed by atoms with Crippen molar-refractivity contribution in [1.82, 2.24) is 4.98 Å². The third-order valence-corrected chi connectivity index (χ3v) is 4.63. The maximum Gasteiger partial charge on any atom is 0.122 e. The van der Waals surface area contributed by atoms with E-state index in [2.05, 4.69) is 11.9 Å². The summed E-state index contributed by atoms with van der Waals surface area (Å²) in [5, 5.41) is 13.2. The maximum atomic E-state index is 10.5. The topological polar surface area (TPSA) is 59.1 Å². The van der Waals surface area contributed by atoms with Crippen molar-refractivity contribution in [3.63, 3.8) is 0 Å². The molecule has 1 aliphatic rings. The van der Waals surface area contributed by atoms with Gasteiger partial charge in [-0.1, -0.05) is 19.8 Å². The van der Waals surface area contributed by atoms with Crippen molar-refractivity contribution < 1.29 is 5.11 Å². The van der Waals surface area contributed by atoms with E-state index >= 15 is 0 Å². The number of aromatic nitrogens is 1. The highest BCUT2D eigenvalue weighted by Gasteiger charge is 2.41. The van der Waals surface area contributed by atoms with Gasteiger partial charge in [-0.25, -0.2) is 4.98 Å². The van der Waals surface area contributed by atoms with Crippen LogP contribution >= 0.6 is 11.3 Å². The predicted octanol–water partition coefficient (Wildman–Crippen LogP) is 2.33. The third-order valence-electron chi connectivity index (χ3n) is 3.80. The quantitative estimate of drug-likeness (QED) is 0.852. The van der Waals surface area contributed by atoms with Gasteiger partial charge in [0.15, 0.2) is 0 Å². The highest BCUT2D eigenvalue weighted by Crippen LogP contribution is 2.47. The van der Waals surface area contributed by atoms with Gasteiger partial charge < -0.3 is 10.8 Å². The molecule has 1 fully saturated rings. The summed E-state index contributed by atoms with van der Waals surface area (Å²) in [5.41, 5.74) is 5.78. The number of aliphatic hydroxyl groups excluding tert-OH is 1. The van der Waals surface area contributed by atoms with E-state index in [9.17, 15) is 5.11 Å². The van der Waals surface area contributed by atoms with Crippen molar-refractivity contribution in [3.8, 4) is 0 Å². The standard InChI is InChI=1S/C12H20N2OS/c1-9-3-2-4-12(7-9,8-13)10(15)11-14-5-6-16-11/h5-6,9-10,15H,2-4,7-8,13H2,1H3. The smallest absolute Gasteiger partial charge is 0.122 e. The van der Waals surface area contributed by atoms with E-state index in [-0.39, 0.29) is 5.41 Å². The van der Waals surface area contributed by atoms with Gasteiger partial charge in [0.2, 0.25) is 0 Å². The molecule has 0 bridgehead atoms. The summed E-state index contributed by atoms with van der Waals surface area (Å²) in [5.74, 6) is 0.659. The lowest BCUT2D eigenvalue weighted by atomic mass is 9.67. The summed E-state index contributed by atoms with van der Waals surface area (Å²) < 4.78 is 0. The Morgan fingerprint density at radius 2 is 2.56 bits per heavy atom. The van der Waals surface area contributed by atoms with Crippen LogP contribution in [0.15, 0.2) is 11.6 Å².